The van der Waals surface area contributed by atoms with E-state index < -0.39 is 0 Å². The lowest BCUT2D eigenvalue weighted by Crippen LogP contribution is -2.17. The van der Waals surface area contributed by atoms with E-state index in [4.69, 9.17) is 22.1 Å². The molecule has 0 saturated heterocycles. The van der Waals surface area contributed by atoms with Crippen molar-refractivity contribution in [3.8, 4) is 5.75 Å². The number of rotatable bonds is 4. The Balaban J connectivity index is 2.22. The molecule has 1 unspecified atom stereocenters. The second kappa shape index (κ2) is 6.06. The fraction of sp³-hybridized carbons (Fsp3) is 0.231. The predicted octanol–water partition coefficient (Wildman–Crippen LogP) is 4.55. The second-order valence-corrected chi connectivity index (χ2v) is 6.56. The van der Waals surface area contributed by atoms with Crippen LogP contribution in [0.3, 0.4) is 0 Å². The highest BCUT2D eigenvalue weighted by Crippen LogP contribution is 2.32. The third-order valence-electron chi connectivity index (χ3n) is 2.54. The Kier molecular flexibility index (Phi) is 4.67. The van der Waals surface area contributed by atoms with Crippen molar-refractivity contribution in [3.63, 3.8) is 0 Å². The third-order valence-corrected chi connectivity index (χ3v) is 4.36. The Labute approximate surface area is 124 Å². The van der Waals surface area contributed by atoms with E-state index in [0.29, 0.717) is 6.54 Å². The van der Waals surface area contributed by atoms with E-state index in [-0.39, 0.29) is 6.10 Å². The standard InChI is InChI=1S/C13H13BrClNOS/c1-8-2-3-9(14)6-10(8)17-11(7-16)12-4-5-13(15)18-12/h2-6,11H,7,16H2,1H3. The molecule has 2 rings (SSSR count). The van der Waals surface area contributed by atoms with E-state index in [2.05, 4.69) is 15.9 Å². The number of ether oxygens (including phenoxy) is 1. The summed E-state index contributed by atoms with van der Waals surface area (Å²) >= 11 is 10.9. The smallest absolute Gasteiger partial charge is 0.145 e. The van der Waals surface area contributed by atoms with Crippen molar-refractivity contribution in [1.29, 1.82) is 0 Å². The lowest BCUT2D eigenvalue weighted by atomic mass is 10.2. The number of hydrogen-bond donors (Lipinski definition) is 1. The summed E-state index contributed by atoms with van der Waals surface area (Å²) < 4.78 is 7.71. The Morgan fingerprint density at radius 2 is 2.17 bits per heavy atom. The van der Waals surface area contributed by atoms with Crippen LogP contribution >= 0.6 is 38.9 Å². The predicted molar refractivity (Wildman–Crippen MR) is 80.6 cm³/mol. The molecule has 2 nitrogen and oxygen atoms in total. The summed E-state index contributed by atoms with van der Waals surface area (Å²) in [4.78, 5) is 1.04. The summed E-state index contributed by atoms with van der Waals surface area (Å²) in [6.07, 6.45) is -0.157. The highest BCUT2D eigenvalue weighted by Gasteiger charge is 2.15. The molecule has 0 aliphatic heterocycles. The molecule has 1 atom stereocenters. The van der Waals surface area contributed by atoms with E-state index >= 15 is 0 Å². The molecule has 96 valence electrons. The molecule has 0 radical (unpaired) electrons. The maximum Gasteiger partial charge on any atom is 0.145 e. The summed E-state index contributed by atoms with van der Waals surface area (Å²) in [6.45, 7) is 2.43. The maximum absolute atomic E-state index is 5.97. The number of nitrogens with two attached hydrogens (primary N) is 1. The Bertz CT molecular complexity index is 544. The molecule has 2 aromatic rings. The molecule has 0 saturated carbocycles. The van der Waals surface area contributed by atoms with Crippen LogP contribution in [0, 0.1) is 6.92 Å². The van der Waals surface area contributed by atoms with E-state index in [9.17, 15) is 0 Å². The van der Waals surface area contributed by atoms with Gasteiger partial charge in [-0.3, -0.25) is 0 Å². The summed E-state index contributed by atoms with van der Waals surface area (Å²) in [6, 6.07) is 9.77. The van der Waals surface area contributed by atoms with Gasteiger partial charge >= 0.3 is 0 Å². The summed E-state index contributed by atoms with van der Waals surface area (Å²) in [7, 11) is 0. The van der Waals surface area contributed by atoms with E-state index in [1.165, 1.54) is 11.3 Å². The van der Waals surface area contributed by atoms with Gasteiger partial charge in [-0.1, -0.05) is 33.6 Å². The quantitative estimate of drug-likeness (QED) is 0.881. The molecule has 5 heteroatoms. The first kappa shape index (κ1) is 13.9. The van der Waals surface area contributed by atoms with E-state index in [1.807, 2.05) is 37.3 Å². The van der Waals surface area contributed by atoms with Gasteiger partial charge in [-0.25, -0.2) is 0 Å². The Morgan fingerprint density at radius 1 is 1.39 bits per heavy atom. The van der Waals surface area contributed by atoms with E-state index in [0.717, 1.165) is 25.0 Å². The van der Waals surface area contributed by atoms with Crippen molar-refractivity contribution >= 4 is 38.9 Å². The SMILES string of the molecule is Cc1ccc(Br)cc1OC(CN)c1ccc(Cl)s1. The summed E-state index contributed by atoms with van der Waals surface area (Å²) in [5, 5.41) is 0. The number of halogens is 2. The van der Waals surface area contributed by atoms with Crippen LogP contribution in [0.5, 0.6) is 5.75 Å². The van der Waals surface area contributed by atoms with Gasteiger partial charge in [0, 0.05) is 15.9 Å². The minimum atomic E-state index is -0.157. The van der Waals surface area contributed by atoms with Crippen molar-refractivity contribution in [2.45, 2.75) is 13.0 Å². The van der Waals surface area contributed by atoms with Crippen LogP contribution in [0.1, 0.15) is 16.5 Å². The van der Waals surface area contributed by atoms with Crippen molar-refractivity contribution in [2.24, 2.45) is 5.73 Å². The summed E-state index contributed by atoms with van der Waals surface area (Å²) in [5.74, 6) is 0.837. The van der Waals surface area contributed by atoms with Gasteiger partial charge in [-0.2, -0.15) is 0 Å². The monoisotopic (exact) mass is 345 g/mol. The first-order valence-electron chi connectivity index (χ1n) is 5.48. The molecule has 0 bridgehead atoms. The molecule has 18 heavy (non-hydrogen) atoms. The molecule has 0 amide bonds. The molecule has 0 spiro atoms. The molecule has 1 aromatic carbocycles. The third kappa shape index (κ3) is 3.26. The van der Waals surface area contributed by atoms with Gasteiger partial charge < -0.3 is 10.5 Å². The molecule has 0 fully saturated rings. The zero-order valence-electron chi connectivity index (χ0n) is 9.82. The van der Waals surface area contributed by atoms with E-state index in [1.54, 1.807) is 0 Å². The average molecular weight is 347 g/mol. The van der Waals surface area contributed by atoms with Crippen molar-refractivity contribution in [3.05, 3.63) is 49.6 Å². The first-order valence-corrected chi connectivity index (χ1v) is 7.47. The fourth-order valence-electron chi connectivity index (χ4n) is 1.58. The number of benzene rings is 1. The van der Waals surface area contributed by atoms with Gasteiger partial charge in [0.1, 0.15) is 11.9 Å². The van der Waals surface area contributed by atoms with Crippen LogP contribution in [-0.4, -0.2) is 6.54 Å². The molecule has 0 aliphatic rings. The van der Waals surface area contributed by atoms with Gasteiger partial charge in [0.05, 0.1) is 4.34 Å². The maximum atomic E-state index is 5.97. The molecular formula is C13H13BrClNOS. The fourth-order valence-corrected chi connectivity index (χ4v) is 3.02. The van der Waals surface area contributed by atoms with Crippen molar-refractivity contribution < 1.29 is 4.74 Å². The zero-order chi connectivity index (χ0) is 13.1. The summed E-state index contributed by atoms with van der Waals surface area (Å²) in [5.41, 5.74) is 6.86. The normalized spacial score (nSPS) is 12.4. The highest BCUT2D eigenvalue weighted by molar-refractivity contribution is 9.10. The van der Waals surface area contributed by atoms with Crippen molar-refractivity contribution in [1.82, 2.24) is 0 Å². The van der Waals surface area contributed by atoms with Crippen LogP contribution in [0.15, 0.2) is 34.8 Å². The topological polar surface area (TPSA) is 35.2 Å². The number of hydrogen-bond acceptors (Lipinski definition) is 3. The van der Waals surface area contributed by atoms with Gasteiger partial charge in [-0.15, -0.1) is 11.3 Å². The van der Waals surface area contributed by atoms with Crippen LogP contribution in [-0.2, 0) is 0 Å². The number of aryl methyl sites for hydroxylation is 1. The molecule has 2 N–H and O–H groups in total. The largest absolute Gasteiger partial charge is 0.483 e. The van der Waals surface area contributed by atoms with Gasteiger partial charge in [-0.05, 0) is 36.8 Å². The van der Waals surface area contributed by atoms with Crippen LogP contribution in [0.2, 0.25) is 4.34 Å². The van der Waals surface area contributed by atoms with Gasteiger partial charge in [0.2, 0.25) is 0 Å². The Morgan fingerprint density at radius 3 is 2.78 bits per heavy atom. The number of thiophene rings is 1. The zero-order valence-corrected chi connectivity index (χ0v) is 13.0. The first-order chi connectivity index (χ1) is 8.60. The minimum absolute atomic E-state index is 0.157. The Hall–Kier alpha value is -0.550. The molecular weight excluding hydrogens is 334 g/mol. The highest BCUT2D eigenvalue weighted by atomic mass is 79.9. The average Bonchev–Trinajstić information content (AvgIpc) is 2.77. The van der Waals surface area contributed by atoms with Crippen LogP contribution in [0.4, 0.5) is 0 Å². The lowest BCUT2D eigenvalue weighted by molar-refractivity contribution is 0.216. The van der Waals surface area contributed by atoms with Crippen LogP contribution in [0.25, 0.3) is 0 Å². The van der Waals surface area contributed by atoms with Crippen molar-refractivity contribution in [2.75, 3.05) is 6.54 Å². The molecule has 0 aliphatic carbocycles. The lowest BCUT2D eigenvalue weighted by Gasteiger charge is -2.17. The van der Waals surface area contributed by atoms with Gasteiger partial charge in [0.25, 0.3) is 0 Å². The van der Waals surface area contributed by atoms with Gasteiger partial charge in [0.15, 0.2) is 0 Å². The molecule has 1 aromatic heterocycles. The minimum Gasteiger partial charge on any atom is -0.483 e. The van der Waals surface area contributed by atoms with Crippen LogP contribution < -0.4 is 10.5 Å². The second-order valence-electron chi connectivity index (χ2n) is 3.89. The molecule has 1 heterocycles.